The van der Waals surface area contributed by atoms with Crippen molar-refractivity contribution in [2.45, 2.75) is 13.3 Å². The second-order valence-corrected chi connectivity index (χ2v) is 3.07. The van der Waals surface area contributed by atoms with Crippen LogP contribution in [-0.4, -0.2) is 13.1 Å². The van der Waals surface area contributed by atoms with E-state index < -0.39 is 11.8 Å². The molecule has 1 rings (SSSR count). The SMILES string of the molecule is COC(=O)Cc1c(N)cc(C)cc1F. The standard InChI is InChI=1S/C10H12FNO2/c1-6-3-8(11)7(9(12)4-6)5-10(13)14-2/h3-4H,5,12H2,1-2H3. The zero-order valence-electron chi connectivity index (χ0n) is 8.13. The fourth-order valence-corrected chi connectivity index (χ4v) is 1.20. The van der Waals surface area contributed by atoms with Crippen molar-refractivity contribution in [2.75, 3.05) is 12.8 Å². The Labute approximate surface area is 81.7 Å². The van der Waals surface area contributed by atoms with Crippen LogP contribution in [-0.2, 0) is 16.0 Å². The molecule has 0 unspecified atom stereocenters. The van der Waals surface area contributed by atoms with Crippen molar-refractivity contribution in [1.29, 1.82) is 0 Å². The summed E-state index contributed by atoms with van der Waals surface area (Å²) >= 11 is 0. The van der Waals surface area contributed by atoms with Gasteiger partial charge in [-0.15, -0.1) is 0 Å². The van der Waals surface area contributed by atoms with E-state index in [-0.39, 0.29) is 17.7 Å². The van der Waals surface area contributed by atoms with E-state index in [9.17, 15) is 9.18 Å². The Morgan fingerprint density at radius 2 is 2.21 bits per heavy atom. The molecule has 4 heteroatoms. The molecule has 3 nitrogen and oxygen atoms in total. The lowest BCUT2D eigenvalue weighted by Gasteiger charge is -2.06. The third-order valence-corrected chi connectivity index (χ3v) is 1.92. The minimum atomic E-state index is -0.501. The van der Waals surface area contributed by atoms with Crippen molar-refractivity contribution >= 4 is 11.7 Å². The summed E-state index contributed by atoms with van der Waals surface area (Å²) in [5.41, 5.74) is 6.79. The molecule has 0 bridgehead atoms. The number of ether oxygens (including phenoxy) is 1. The summed E-state index contributed by atoms with van der Waals surface area (Å²) in [7, 11) is 1.25. The van der Waals surface area contributed by atoms with Crippen LogP contribution >= 0.6 is 0 Å². The van der Waals surface area contributed by atoms with Crippen LogP contribution in [0.2, 0.25) is 0 Å². The van der Waals surface area contributed by atoms with E-state index in [2.05, 4.69) is 4.74 Å². The number of halogens is 1. The molecule has 0 atom stereocenters. The second kappa shape index (κ2) is 4.09. The Hall–Kier alpha value is -1.58. The highest BCUT2D eigenvalue weighted by Crippen LogP contribution is 2.19. The highest BCUT2D eigenvalue weighted by Gasteiger charge is 2.12. The van der Waals surface area contributed by atoms with Gasteiger partial charge in [0.2, 0.25) is 0 Å². The van der Waals surface area contributed by atoms with Gasteiger partial charge in [-0.1, -0.05) is 0 Å². The molecule has 0 heterocycles. The van der Waals surface area contributed by atoms with Gasteiger partial charge in [0.15, 0.2) is 0 Å². The van der Waals surface area contributed by atoms with Gasteiger partial charge in [0, 0.05) is 11.3 Å². The average molecular weight is 197 g/mol. The lowest BCUT2D eigenvalue weighted by molar-refractivity contribution is -0.139. The summed E-state index contributed by atoms with van der Waals surface area (Å²) in [5.74, 6) is -0.965. The van der Waals surface area contributed by atoms with Crippen LogP contribution in [0.3, 0.4) is 0 Å². The van der Waals surface area contributed by atoms with E-state index in [0.717, 1.165) is 5.56 Å². The first-order chi connectivity index (χ1) is 6.54. The number of esters is 1. The van der Waals surface area contributed by atoms with Gasteiger partial charge in [-0.2, -0.15) is 0 Å². The van der Waals surface area contributed by atoms with Crippen LogP contribution in [0.5, 0.6) is 0 Å². The van der Waals surface area contributed by atoms with Gasteiger partial charge in [-0.05, 0) is 24.6 Å². The maximum absolute atomic E-state index is 13.3. The number of carbonyl (C=O) groups excluding carboxylic acids is 1. The van der Waals surface area contributed by atoms with Gasteiger partial charge in [0.25, 0.3) is 0 Å². The van der Waals surface area contributed by atoms with Crippen LogP contribution in [0.25, 0.3) is 0 Å². The maximum atomic E-state index is 13.3. The topological polar surface area (TPSA) is 52.3 Å². The van der Waals surface area contributed by atoms with E-state index >= 15 is 0 Å². The highest BCUT2D eigenvalue weighted by atomic mass is 19.1. The molecule has 0 amide bonds. The van der Waals surface area contributed by atoms with Gasteiger partial charge < -0.3 is 10.5 Å². The molecule has 14 heavy (non-hydrogen) atoms. The number of nitrogen functional groups attached to an aromatic ring is 1. The Bertz CT molecular complexity index is 340. The number of rotatable bonds is 2. The molecule has 2 N–H and O–H groups in total. The van der Waals surface area contributed by atoms with Crippen LogP contribution in [0.4, 0.5) is 10.1 Å². The molecule has 76 valence electrons. The molecular formula is C10H12FNO2. The summed E-state index contributed by atoms with van der Waals surface area (Å²) in [4.78, 5) is 10.9. The van der Waals surface area contributed by atoms with E-state index in [1.165, 1.54) is 13.2 Å². The van der Waals surface area contributed by atoms with E-state index in [1.807, 2.05) is 0 Å². The average Bonchev–Trinajstić information content (AvgIpc) is 2.10. The summed E-state index contributed by atoms with van der Waals surface area (Å²) in [5, 5.41) is 0. The van der Waals surface area contributed by atoms with Gasteiger partial charge in [-0.25, -0.2) is 4.39 Å². The van der Waals surface area contributed by atoms with Gasteiger partial charge in [-0.3, -0.25) is 4.79 Å². The maximum Gasteiger partial charge on any atom is 0.310 e. The first kappa shape index (κ1) is 10.5. The summed E-state index contributed by atoms with van der Waals surface area (Å²) in [6, 6.07) is 2.97. The lowest BCUT2D eigenvalue weighted by atomic mass is 10.1. The number of methoxy groups -OCH3 is 1. The van der Waals surface area contributed by atoms with Gasteiger partial charge >= 0.3 is 5.97 Å². The molecule has 0 fully saturated rings. The van der Waals surface area contributed by atoms with Crippen LogP contribution < -0.4 is 5.73 Å². The fourth-order valence-electron chi connectivity index (χ4n) is 1.20. The summed E-state index contributed by atoms with van der Waals surface area (Å²) < 4.78 is 17.8. The largest absolute Gasteiger partial charge is 0.469 e. The zero-order chi connectivity index (χ0) is 10.7. The number of anilines is 1. The van der Waals surface area contributed by atoms with Crippen molar-refractivity contribution in [3.8, 4) is 0 Å². The quantitative estimate of drug-likeness (QED) is 0.576. The zero-order valence-corrected chi connectivity index (χ0v) is 8.13. The van der Waals surface area contributed by atoms with Crippen molar-refractivity contribution in [1.82, 2.24) is 0 Å². The van der Waals surface area contributed by atoms with Gasteiger partial charge in [0.1, 0.15) is 5.82 Å². The van der Waals surface area contributed by atoms with E-state index in [4.69, 9.17) is 5.73 Å². The molecule has 0 aliphatic carbocycles. The minimum Gasteiger partial charge on any atom is -0.469 e. The number of nitrogens with two attached hydrogens (primary N) is 1. The minimum absolute atomic E-state index is 0.131. The third kappa shape index (κ3) is 2.22. The molecule has 1 aromatic carbocycles. The second-order valence-electron chi connectivity index (χ2n) is 3.07. The molecule has 0 saturated carbocycles. The Balaban J connectivity index is 3.02. The van der Waals surface area contributed by atoms with Crippen molar-refractivity contribution in [3.05, 3.63) is 29.1 Å². The Morgan fingerprint density at radius 3 is 2.71 bits per heavy atom. The number of aryl methyl sites for hydroxylation is 1. The van der Waals surface area contributed by atoms with Crippen LogP contribution in [0.15, 0.2) is 12.1 Å². The highest BCUT2D eigenvalue weighted by molar-refractivity contribution is 5.75. The van der Waals surface area contributed by atoms with Crippen LogP contribution in [0.1, 0.15) is 11.1 Å². The summed E-state index contributed by atoms with van der Waals surface area (Å²) in [6.07, 6.45) is -0.131. The number of carbonyl (C=O) groups is 1. The molecule has 0 saturated heterocycles. The molecule has 1 aromatic rings. The lowest BCUT2D eigenvalue weighted by Crippen LogP contribution is -2.09. The fraction of sp³-hybridized carbons (Fsp3) is 0.300. The summed E-state index contributed by atoms with van der Waals surface area (Å²) in [6.45, 7) is 1.74. The van der Waals surface area contributed by atoms with Crippen molar-refractivity contribution in [2.24, 2.45) is 0 Å². The van der Waals surface area contributed by atoms with Gasteiger partial charge in [0.05, 0.1) is 13.5 Å². The predicted octanol–water partition coefficient (Wildman–Crippen LogP) is 1.43. The third-order valence-electron chi connectivity index (χ3n) is 1.92. The molecule has 0 aliphatic heterocycles. The van der Waals surface area contributed by atoms with Crippen LogP contribution in [0, 0.1) is 12.7 Å². The number of benzene rings is 1. The van der Waals surface area contributed by atoms with E-state index in [0.29, 0.717) is 0 Å². The normalized spacial score (nSPS) is 9.93. The van der Waals surface area contributed by atoms with E-state index in [1.54, 1.807) is 13.0 Å². The molecule has 0 aliphatic rings. The molecule has 0 radical (unpaired) electrons. The van der Waals surface area contributed by atoms with Crippen molar-refractivity contribution in [3.63, 3.8) is 0 Å². The Kier molecular flexibility index (Phi) is 3.06. The monoisotopic (exact) mass is 197 g/mol. The Morgan fingerprint density at radius 1 is 1.57 bits per heavy atom. The number of hydrogen-bond donors (Lipinski definition) is 1. The smallest absolute Gasteiger partial charge is 0.310 e. The number of hydrogen-bond acceptors (Lipinski definition) is 3. The first-order valence-corrected chi connectivity index (χ1v) is 4.16. The molecular weight excluding hydrogens is 185 g/mol. The molecule has 0 spiro atoms. The predicted molar refractivity (Wildman–Crippen MR) is 51.3 cm³/mol. The molecule has 0 aromatic heterocycles. The van der Waals surface area contributed by atoms with Crippen molar-refractivity contribution < 1.29 is 13.9 Å². The first-order valence-electron chi connectivity index (χ1n) is 4.16.